The second-order valence-electron chi connectivity index (χ2n) is 9.68. The first-order chi connectivity index (χ1) is 17.3. The number of benzene rings is 2. The van der Waals surface area contributed by atoms with E-state index >= 15 is 0 Å². The summed E-state index contributed by atoms with van der Waals surface area (Å²) in [6.07, 6.45) is 1.64. The zero-order chi connectivity index (χ0) is 25.6. The molecular weight excluding hydrogens is 474 g/mol. The number of amides is 1. The zero-order valence-electron chi connectivity index (χ0n) is 21.1. The Morgan fingerprint density at radius 1 is 1.11 bits per heavy atom. The SMILES string of the molecule is CCCOc1cccc(C2c3c(oc4cc(C)c(C)cc4c3=O)C(=O)N2c2nnc(CC(C)C)s2)c1. The van der Waals surface area contributed by atoms with Crippen molar-refractivity contribution in [2.24, 2.45) is 5.92 Å². The maximum Gasteiger partial charge on any atom is 0.297 e. The molecule has 2 aromatic heterocycles. The van der Waals surface area contributed by atoms with Gasteiger partial charge in [-0.05, 0) is 67.1 Å². The molecule has 4 aromatic rings. The highest BCUT2D eigenvalue weighted by molar-refractivity contribution is 7.15. The second-order valence-corrected chi connectivity index (χ2v) is 10.7. The van der Waals surface area contributed by atoms with Crippen LogP contribution in [0.15, 0.2) is 45.6 Å². The first-order valence-electron chi connectivity index (χ1n) is 12.2. The van der Waals surface area contributed by atoms with E-state index in [4.69, 9.17) is 9.15 Å². The van der Waals surface area contributed by atoms with Gasteiger partial charge in [-0.3, -0.25) is 14.5 Å². The van der Waals surface area contributed by atoms with E-state index < -0.39 is 6.04 Å². The van der Waals surface area contributed by atoms with Gasteiger partial charge in [0, 0.05) is 6.42 Å². The summed E-state index contributed by atoms with van der Waals surface area (Å²) in [5.74, 6) is 0.755. The van der Waals surface area contributed by atoms with Crippen molar-refractivity contribution in [1.29, 1.82) is 0 Å². The summed E-state index contributed by atoms with van der Waals surface area (Å²) in [7, 11) is 0. The third kappa shape index (κ3) is 4.19. The summed E-state index contributed by atoms with van der Waals surface area (Å²) in [5, 5.41) is 10.4. The summed E-state index contributed by atoms with van der Waals surface area (Å²) < 4.78 is 12.0. The van der Waals surface area contributed by atoms with Crippen LogP contribution in [0.1, 0.15) is 71.1 Å². The van der Waals surface area contributed by atoms with E-state index in [1.54, 1.807) is 4.90 Å². The van der Waals surface area contributed by atoms with E-state index in [9.17, 15) is 9.59 Å². The molecule has 1 amide bonds. The molecule has 0 saturated heterocycles. The Morgan fingerprint density at radius 2 is 1.89 bits per heavy atom. The molecular formula is C28H29N3O4S. The van der Waals surface area contributed by atoms with Gasteiger partial charge in [-0.25, -0.2) is 0 Å². The number of carbonyl (C=O) groups is 1. The molecule has 0 bridgehead atoms. The molecule has 2 aromatic carbocycles. The van der Waals surface area contributed by atoms with Crippen LogP contribution in [0, 0.1) is 19.8 Å². The Kier molecular flexibility index (Phi) is 6.38. The van der Waals surface area contributed by atoms with Gasteiger partial charge in [0.05, 0.1) is 23.6 Å². The molecule has 36 heavy (non-hydrogen) atoms. The molecule has 8 heteroatoms. The van der Waals surface area contributed by atoms with Crippen LogP contribution >= 0.6 is 11.3 Å². The van der Waals surface area contributed by atoms with E-state index in [1.165, 1.54) is 11.3 Å². The molecule has 0 saturated carbocycles. The van der Waals surface area contributed by atoms with Gasteiger partial charge in [0.2, 0.25) is 10.9 Å². The summed E-state index contributed by atoms with van der Waals surface area (Å²) in [4.78, 5) is 29.3. The highest BCUT2D eigenvalue weighted by atomic mass is 32.1. The maximum absolute atomic E-state index is 13.9. The van der Waals surface area contributed by atoms with E-state index in [0.29, 0.717) is 39.9 Å². The monoisotopic (exact) mass is 503 g/mol. The lowest BCUT2D eigenvalue weighted by Crippen LogP contribution is -2.29. The minimum absolute atomic E-state index is 0.0567. The van der Waals surface area contributed by atoms with Crippen molar-refractivity contribution in [3.05, 3.63) is 79.6 Å². The minimum Gasteiger partial charge on any atom is -0.494 e. The molecule has 1 aliphatic rings. The second kappa shape index (κ2) is 9.50. The first-order valence-corrected chi connectivity index (χ1v) is 13.1. The lowest BCUT2D eigenvalue weighted by molar-refractivity contribution is 0.0970. The molecule has 7 nitrogen and oxygen atoms in total. The molecule has 1 atom stereocenters. The van der Waals surface area contributed by atoms with Crippen LogP contribution in [0.25, 0.3) is 11.0 Å². The predicted octanol–water partition coefficient (Wildman–Crippen LogP) is 6.00. The summed E-state index contributed by atoms with van der Waals surface area (Å²) in [6.45, 7) is 10.8. The lowest BCUT2D eigenvalue weighted by Gasteiger charge is -2.22. The average molecular weight is 504 g/mol. The molecule has 186 valence electrons. The van der Waals surface area contributed by atoms with Crippen LogP contribution in [-0.2, 0) is 6.42 Å². The fraction of sp³-hybridized carbons (Fsp3) is 0.357. The summed E-state index contributed by atoms with van der Waals surface area (Å²) in [5.41, 5.74) is 3.27. The normalized spacial score (nSPS) is 15.2. The number of hydrogen-bond acceptors (Lipinski definition) is 7. The maximum atomic E-state index is 13.9. The Labute approximate surface area is 213 Å². The number of rotatable bonds is 7. The number of anilines is 1. The van der Waals surface area contributed by atoms with Crippen molar-refractivity contribution in [2.45, 2.75) is 53.5 Å². The number of nitrogens with zero attached hydrogens (tertiary/aromatic N) is 3. The van der Waals surface area contributed by atoms with Crippen LogP contribution in [0.4, 0.5) is 5.13 Å². The van der Waals surface area contributed by atoms with Crippen molar-refractivity contribution >= 4 is 33.3 Å². The van der Waals surface area contributed by atoms with Crippen molar-refractivity contribution < 1.29 is 13.9 Å². The molecule has 0 radical (unpaired) electrons. The number of carbonyl (C=O) groups excluding carboxylic acids is 1. The van der Waals surface area contributed by atoms with Crippen LogP contribution < -0.4 is 15.1 Å². The van der Waals surface area contributed by atoms with Crippen LogP contribution in [-0.4, -0.2) is 22.7 Å². The van der Waals surface area contributed by atoms with Gasteiger partial charge >= 0.3 is 0 Å². The highest BCUT2D eigenvalue weighted by Crippen LogP contribution is 2.43. The van der Waals surface area contributed by atoms with Gasteiger partial charge in [-0.1, -0.05) is 44.2 Å². The van der Waals surface area contributed by atoms with Gasteiger partial charge in [0.1, 0.15) is 16.3 Å². The molecule has 0 spiro atoms. The third-order valence-electron chi connectivity index (χ3n) is 6.38. The highest BCUT2D eigenvalue weighted by Gasteiger charge is 2.45. The van der Waals surface area contributed by atoms with Gasteiger partial charge < -0.3 is 9.15 Å². The molecule has 1 unspecified atom stereocenters. The Morgan fingerprint density at radius 3 is 2.64 bits per heavy atom. The predicted molar refractivity (Wildman–Crippen MR) is 141 cm³/mol. The molecule has 5 rings (SSSR count). The van der Waals surface area contributed by atoms with E-state index in [-0.39, 0.29) is 17.1 Å². The standard InChI is InChI=1S/C28H29N3O4S/c1-6-10-34-19-9-7-8-18(14-19)24-23-25(32)20-12-16(4)17(5)13-21(20)35-26(23)27(33)31(24)28-30-29-22(36-28)11-15(2)3/h7-9,12-15,24H,6,10-11H2,1-5H3. The van der Waals surface area contributed by atoms with E-state index in [1.807, 2.05) is 57.2 Å². The van der Waals surface area contributed by atoms with Crippen LogP contribution in [0.3, 0.4) is 0 Å². The lowest BCUT2D eigenvalue weighted by atomic mass is 9.97. The largest absolute Gasteiger partial charge is 0.494 e. The zero-order valence-corrected chi connectivity index (χ0v) is 21.9. The molecule has 3 heterocycles. The van der Waals surface area contributed by atoms with Crippen LogP contribution in [0.2, 0.25) is 0 Å². The van der Waals surface area contributed by atoms with Crippen molar-refractivity contribution in [2.75, 3.05) is 11.5 Å². The minimum atomic E-state index is -0.695. The van der Waals surface area contributed by atoms with Gasteiger partial charge in [-0.2, -0.15) is 0 Å². The molecule has 1 aliphatic heterocycles. The molecule has 0 fully saturated rings. The van der Waals surface area contributed by atoms with Crippen molar-refractivity contribution in [1.82, 2.24) is 10.2 Å². The van der Waals surface area contributed by atoms with Crippen molar-refractivity contribution in [3.8, 4) is 5.75 Å². The van der Waals surface area contributed by atoms with Crippen molar-refractivity contribution in [3.63, 3.8) is 0 Å². The quantitative estimate of drug-likeness (QED) is 0.308. The van der Waals surface area contributed by atoms with Crippen LogP contribution in [0.5, 0.6) is 5.75 Å². The smallest absolute Gasteiger partial charge is 0.297 e. The van der Waals surface area contributed by atoms with Gasteiger partial charge in [0.15, 0.2) is 5.43 Å². The average Bonchev–Trinajstić information content (AvgIpc) is 3.41. The topological polar surface area (TPSA) is 85.5 Å². The number of aromatic nitrogens is 2. The van der Waals surface area contributed by atoms with E-state index in [0.717, 1.165) is 34.5 Å². The number of ether oxygens (including phenoxy) is 1. The third-order valence-corrected chi connectivity index (χ3v) is 7.32. The van der Waals surface area contributed by atoms with Gasteiger partial charge in [0.25, 0.3) is 5.91 Å². The number of aryl methyl sites for hydroxylation is 2. The van der Waals surface area contributed by atoms with E-state index in [2.05, 4.69) is 24.0 Å². The Bertz CT molecular complexity index is 1520. The number of hydrogen-bond donors (Lipinski definition) is 0. The summed E-state index contributed by atoms with van der Waals surface area (Å²) >= 11 is 1.37. The fourth-order valence-corrected chi connectivity index (χ4v) is 5.59. The Hall–Kier alpha value is -3.52. The molecule has 0 aliphatic carbocycles. The Balaban J connectivity index is 1.72. The fourth-order valence-electron chi connectivity index (χ4n) is 4.51. The number of fused-ring (bicyclic) bond motifs is 2. The first kappa shape index (κ1) is 24.2. The van der Waals surface area contributed by atoms with Gasteiger partial charge in [-0.15, -0.1) is 10.2 Å². The summed E-state index contributed by atoms with van der Waals surface area (Å²) in [6, 6.07) is 10.5. The molecule has 0 N–H and O–H groups in total.